The van der Waals surface area contributed by atoms with Crippen LogP contribution in [0.25, 0.3) is 10.9 Å². The summed E-state index contributed by atoms with van der Waals surface area (Å²) in [5.74, 6) is 0.487. The highest BCUT2D eigenvalue weighted by atomic mass is 127. The molecule has 2 heterocycles. The van der Waals surface area contributed by atoms with Crippen LogP contribution in [-0.2, 0) is 9.53 Å². The molecule has 33 heavy (non-hydrogen) atoms. The molecule has 1 saturated heterocycles. The van der Waals surface area contributed by atoms with Crippen LogP contribution in [0.2, 0.25) is 5.28 Å². The van der Waals surface area contributed by atoms with Gasteiger partial charge >= 0.3 is 5.97 Å². The number of ether oxygens (including phenoxy) is 1. The van der Waals surface area contributed by atoms with Gasteiger partial charge in [0.25, 0.3) is 0 Å². The fraction of sp³-hybridized carbons (Fsp3) is 0.625. The quantitative estimate of drug-likeness (QED) is 0.149. The topological polar surface area (TPSA) is 55.3 Å². The first kappa shape index (κ1) is 25.4. The van der Waals surface area contributed by atoms with E-state index in [0.717, 1.165) is 48.8 Å². The summed E-state index contributed by atoms with van der Waals surface area (Å²) in [7, 11) is 0. The van der Waals surface area contributed by atoms with Gasteiger partial charge < -0.3 is 9.64 Å². The number of fused-ring (bicyclic) bond motifs is 1. The van der Waals surface area contributed by atoms with E-state index in [2.05, 4.69) is 60.3 Å². The van der Waals surface area contributed by atoms with Crippen molar-refractivity contribution in [2.24, 2.45) is 17.3 Å². The predicted molar refractivity (Wildman–Crippen MR) is 141 cm³/mol. The molecular weight excluding hydrogens is 624 g/mol. The second-order valence-corrected chi connectivity index (χ2v) is 12.8. The van der Waals surface area contributed by atoms with Crippen molar-refractivity contribution in [3.63, 3.8) is 0 Å². The first-order valence-electron chi connectivity index (χ1n) is 11.4. The monoisotopic (exact) mass is 651 g/mol. The van der Waals surface area contributed by atoms with Crippen LogP contribution in [0.1, 0.15) is 59.8 Å². The molecule has 1 spiro atoms. The molecule has 1 aromatic carbocycles. The van der Waals surface area contributed by atoms with Gasteiger partial charge in [0.05, 0.1) is 10.4 Å². The number of carbonyl (C=O) groups excluding carboxylic acids is 1. The zero-order chi connectivity index (χ0) is 24.1. The maximum atomic E-state index is 14.9. The Morgan fingerprint density at radius 3 is 2.58 bits per heavy atom. The molecule has 2 unspecified atom stereocenters. The van der Waals surface area contributed by atoms with Gasteiger partial charge in [-0.25, -0.2) is 9.37 Å². The molecule has 0 N–H and O–H groups in total. The smallest absolute Gasteiger partial charge is 0.309 e. The summed E-state index contributed by atoms with van der Waals surface area (Å²) in [5, 5.41) is 0.735. The molecule has 180 valence electrons. The van der Waals surface area contributed by atoms with Crippen LogP contribution < -0.4 is 4.90 Å². The van der Waals surface area contributed by atoms with E-state index in [1.54, 1.807) is 0 Å². The minimum atomic E-state index is -0.453. The molecule has 5 nitrogen and oxygen atoms in total. The van der Waals surface area contributed by atoms with E-state index in [1.807, 2.05) is 26.8 Å². The number of aromatic nitrogens is 2. The third-order valence-electron chi connectivity index (χ3n) is 7.04. The highest BCUT2D eigenvalue weighted by Crippen LogP contribution is 2.50. The molecule has 2 fully saturated rings. The number of anilines is 1. The van der Waals surface area contributed by atoms with Crippen molar-refractivity contribution in [1.29, 1.82) is 0 Å². The Balaban J connectivity index is 1.50. The minimum absolute atomic E-state index is 0.0269. The molecule has 2 aliphatic rings. The second kappa shape index (κ2) is 9.37. The van der Waals surface area contributed by atoms with E-state index in [0.29, 0.717) is 21.6 Å². The van der Waals surface area contributed by atoms with Crippen LogP contribution in [0.5, 0.6) is 0 Å². The fourth-order valence-corrected chi connectivity index (χ4v) is 6.43. The number of halogens is 4. The number of nitrogens with zero attached hydrogens (tertiary/aromatic N) is 3. The number of hydrogen-bond donors (Lipinski definition) is 0. The Bertz CT molecular complexity index is 1090. The summed E-state index contributed by atoms with van der Waals surface area (Å²) in [6.07, 6.45) is 4.94. The van der Waals surface area contributed by atoms with Gasteiger partial charge in [-0.3, -0.25) is 4.79 Å². The minimum Gasteiger partial charge on any atom is -0.460 e. The van der Waals surface area contributed by atoms with Crippen molar-refractivity contribution < 1.29 is 13.9 Å². The van der Waals surface area contributed by atoms with Crippen molar-refractivity contribution in [1.82, 2.24) is 9.97 Å². The lowest BCUT2D eigenvalue weighted by Gasteiger charge is -2.48. The second-order valence-electron chi connectivity index (χ2n) is 10.5. The number of benzene rings is 1. The lowest BCUT2D eigenvalue weighted by Crippen LogP contribution is -2.45. The molecular formula is C24H29BrClFIN3O2. The summed E-state index contributed by atoms with van der Waals surface area (Å²) >= 11 is 11.6. The zero-order valence-electron chi connectivity index (χ0n) is 19.4. The van der Waals surface area contributed by atoms with Crippen molar-refractivity contribution in [2.45, 2.75) is 65.4 Å². The van der Waals surface area contributed by atoms with Crippen LogP contribution in [0, 0.1) is 26.6 Å². The number of rotatable bonds is 2. The first-order chi connectivity index (χ1) is 15.4. The number of piperidine rings is 1. The maximum absolute atomic E-state index is 14.9. The Hall–Kier alpha value is -0.740. The summed E-state index contributed by atoms with van der Waals surface area (Å²) in [6, 6.07) is 1.91. The summed E-state index contributed by atoms with van der Waals surface area (Å²) in [6.45, 7) is 9.59. The molecule has 4 rings (SSSR count). The molecule has 2 atom stereocenters. The van der Waals surface area contributed by atoms with E-state index in [4.69, 9.17) is 16.3 Å². The normalized spacial score (nSPS) is 23.2. The third-order valence-corrected chi connectivity index (χ3v) is 9.58. The Morgan fingerprint density at radius 2 is 1.97 bits per heavy atom. The molecule has 9 heteroatoms. The summed E-state index contributed by atoms with van der Waals surface area (Å²) < 4.78 is 21.7. The van der Waals surface area contributed by atoms with E-state index < -0.39 is 11.4 Å². The average molecular weight is 653 g/mol. The van der Waals surface area contributed by atoms with E-state index in [-0.39, 0.29) is 28.1 Å². The molecule has 2 aromatic rings. The third kappa shape index (κ3) is 5.27. The van der Waals surface area contributed by atoms with E-state index >= 15 is 0 Å². The maximum Gasteiger partial charge on any atom is 0.309 e. The van der Waals surface area contributed by atoms with Gasteiger partial charge in [0.1, 0.15) is 16.9 Å². The van der Waals surface area contributed by atoms with Gasteiger partial charge in [-0.15, -0.1) is 0 Å². The first-order valence-corrected chi connectivity index (χ1v) is 13.6. The van der Waals surface area contributed by atoms with Gasteiger partial charge in [-0.05, 0) is 120 Å². The fourth-order valence-electron chi connectivity index (χ4n) is 5.42. The largest absolute Gasteiger partial charge is 0.460 e. The van der Waals surface area contributed by atoms with Gasteiger partial charge in [0.15, 0.2) is 5.82 Å². The van der Waals surface area contributed by atoms with Crippen molar-refractivity contribution >= 4 is 72.8 Å². The number of hydrogen-bond acceptors (Lipinski definition) is 5. The molecule has 1 aliphatic carbocycles. The van der Waals surface area contributed by atoms with E-state index in [1.165, 1.54) is 0 Å². The van der Waals surface area contributed by atoms with Crippen molar-refractivity contribution in [3.05, 3.63) is 25.2 Å². The summed E-state index contributed by atoms with van der Waals surface area (Å²) in [5.41, 5.74) is 0.0132. The van der Waals surface area contributed by atoms with Crippen molar-refractivity contribution in [2.75, 3.05) is 18.0 Å². The molecule has 0 radical (unpaired) electrons. The number of carbonyl (C=O) groups is 1. The molecule has 1 aromatic heterocycles. The molecule has 1 aliphatic heterocycles. The zero-order valence-corrected chi connectivity index (χ0v) is 23.9. The highest BCUT2D eigenvalue weighted by Gasteiger charge is 2.44. The SMILES string of the molecule is CC1CC2(CCC1C(=O)OC(C)(C)C)CCN(c1nc(Cl)nc3c(F)c(Br)c(I)cc13)CC2. The Labute approximate surface area is 221 Å². The molecule has 0 amide bonds. The van der Waals surface area contributed by atoms with Gasteiger partial charge in [-0.2, -0.15) is 4.98 Å². The Kier molecular flexibility index (Phi) is 7.20. The van der Waals surface area contributed by atoms with Gasteiger partial charge in [0, 0.05) is 22.0 Å². The van der Waals surface area contributed by atoms with Gasteiger partial charge in [0.2, 0.25) is 5.28 Å². The number of esters is 1. The highest BCUT2D eigenvalue weighted by molar-refractivity contribution is 14.1. The van der Waals surface area contributed by atoms with Crippen LogP contribution in [0.15, 0.2) is 10.5 Å². The predicted octanol–water partition coefficient (Wildman–Crippen LogP) is 7.15. The van der Waals surface area contributed by atoms with Crippen LogP contribution in [0.3, 0.4) is 0 Å². The standard InChI is InChI=1S/C24H29BrClFIN3O2/c1-13-12-24(6-5-14(13)21(32)33-23(2,3)4)7-9-31(10-8-24)20-15-11-16(28)17(25)18(27)19(15)29-22(26)30-20/h11,13-14H,5-10,12H2,1-4H3. The lowest BCUT2D eigenvalue weighted by atomic mass is 9.62. The van der Waals surface area contributed by atoms with E-state index in [9.17, 15) is 9.18 Å². The average Bonchev–Trinajstić information content (AvgIpc) is 2.72. The molecule has 0 bridgehead atoms. The van der Waals surface area contributed by atoms with Crippen LogP contribution >= 0.6 is 50.1 Å². The van der Waals surface area contributed by atoms with Crippen LogP contribution in [-0.4, -0.2) is 34.6 Å². The Morgan fingerprint density at radius 1 is 1.30 bits per heavy atom. The lowest BCUT2D eigenvalue weighted by molar-refractivity contribution is -0.164. The molecule has 1 saturated carbocycles. The van der Waals surface area contributed by atoms with Gasteiger partial charge in [-0.1, -0.05) is 6.92 Å². The summed E-state index contributed by atoms with van der Waals surface area (Å²) in [4.78, 5) is 23.5. The van der Waals surface area contributed by atoms with Crippen molar-refractivity contribution in [3.8, 4) is 0 Å². The van der Waals surface area contributed by atoms with Crippen LogP contribution in [0.4, 0.5) is 10.2 Å².